The van der Waals surface area contributed by atoms with Crippen molar-refractivity contribution in [2.75, 3.05) is 20.3 Å². The Kier molecular flexibility index (Phi) is 7.67. The van der Waals surface area contributed by atoms with Gasteiger partial charge in [-0.15, -0.1) is 0 Å². The Labute approximate surface area is 190 Å². The molecule has 6 nitrogen and oxygen atoms in total. The van der Waals surface area contributed by atoms with E-state index in [1.54, 1.807) is 14.0 Å². The molecule has 0 aliphatic carbocycles. The zero-order valence-electron chi connectivity index (χ0n) is 19.5. The molecule has 0 spiro atoms. The van der Waals surface area contributed by atoms with E-state index in [9.17, 15) is 15.0 Å². The highest BCUT2D eigenvalue weighted by atomic mass is 16.5. The molecule has 0 radical (unpaired) electrons. The van der Waals surface area contributed by atoms with Crippen molar-refractivity contribution in [1.29, 1.82) is 0 Å². The summed E-state index contributed by atoms with van der Waals surface area (Å²) < 4.78 is 11.6. The topological polar surface area (TPSA) is 79.2 Å². The normalized spacial score (nSPS) is 23.7. The van der Waals surface area contributed by atoms with Crippen LogP contribution < -0.4 is 9.47 Å². The van der Waals surface area contributed by atoms with Gasteiger partial charge in [-0.2, -0.15) is 0 Å². The predicted octanol–water partition coefficient (Wildman–Crippen LogP) is 4.95. The third-order valence-corrected chi connectivity index (χ3v) is 7.19. The predicted molar refractivity (Wildman–Crippen MR) is 125 cm³/mol. The van der Waals surface area contributed by atoms with Crippen molar-refractivity contribution in [3.8, 4) is 11.5 Å². The molecule has 2 N–H and O–H groups in total. The fourth-order valence-electron chi connectivity index (χ4n) is 4.81. The van der Waals surface area contributed by atoms with Crippen molar-refractivity contribution in [2.45, 2.75) is 58.1 Å². The highest BCUT2D eigenvalue weighted by Gasteiger charge is 2.53. The number of hydrogen-bond donors (Lipinski definition) is 2. The molecule has 2 aromatic rings. The van der Waals surface area contributed by atoms with Gasteiger partial charge in [-0.25, -0.2) is 4.79 Å². The number of nitrogens with zero attached hydrogens (tertiary/aromatic N) is 1. The molecule has 0 saturated carbocycles. The first-order chi connectivity index (χ1) is 15.3. The molecular formula is C26H35NO5. The number of rotatable bonds is 9. The molecule has 0 bridgehead atoms. The molecule has 1 fully saturated rings. The minimum Gasteiger partial charge on any atom is -0.493 e. The maximum Gasteiger partial charge on any atom is 0.407 e. The van der Waals surface area contributed by atoms with Gasteiger partial charge in [0.2, 0.25) is 0 Å². The highest BCUT2D eigenvalue weighted by Crippen LogP contribution is 2.50. The zero-order valence-corrected chi connectivity index (χ0v) is 19.5. The van der Waals surface area contributed by atoms with Crippen LogP contribution in [0.25, 0.3) is 0 Å². The molecule has 174 valence electrons. The van der Waals surface area contributed by atoms with Crippen LogP contribution in [0, 0.1) is 5.41 Å². The first-order valence-electron chi connectivity index (χ1n) is 11.3. The Morgan fingerprint density at radius 2 is 1.91 bits per heavy atom. The average molecular weight is 442 g/mol. The van der Waals surface area contributed by atoms with E-state index < -0.39 is 17.6 Å². The summed E-state index contributed by atoms with van der Waals surface area (Å²) in [6, 6.07) is 15.8. The number of carbonyl (C=O) groups is 1. The number of benzene rings is 2. The van der Waals surface area contributed by atoms with Gasteiger partial charge in [0.25, 0.3) is 0 Å². The Morgan fingerprint density at radius 1 is 1.19 bits per heavy atom. The number of unbranched alkanes of at least 4 members (excludes halogenated alkanes) is 1. The van der Waals surface area contributed by atoms with E-state index in [4.69, 9.17) is 9.47 Å². The lowest BCUT2D eigenvalue weighted by atomic mass is 9.69. The van der Waals surface area contributed by atoms with Gasteiger partial charge in [-0.05, 0) is 56.4 Å². The minimum absolute atomic E-state index is 0.153. The number of aryl methyl sites for hydroxylation is 1. The number of aliphatic hydroxyl groups excluding tert-OH is 1. The molecule has 1 unspecified atom stereocenters. The van der Waals surface area contributed by atoms with E-state index in [2.05, 4.69) is 24.3 Å². The number of hydrogen-bond acceptors (Lipinski definition) is 4. The van der Waals surface area contributed by atoms with Crippen LogP contribution in [0.2, 0.25) is 0 Å². The number of carboxylic acid groups (broad SMARTS) is 1. The third kappa shape index (κ3) is 4.85. The fraction of sp³-hybridized carbons (Fsp3) is 0.500. The average Bonchev–Trinajstić information content (AvgIpc) is 3.06. The van der Waals surface area contributed by atoms with Crippen LogP contribution in [0.4, 0.5) is 4.79 Å². The number of likely N-dealkylation sites (tertiary alicyclic amines) is 1. The van der Waals surface area contributed by atoms with Crippen molar-refractivity contribution in [1.82, 2.24) is 4.90 Å². The molecule has 1 amide bonds. The molecule has 2 aromatic carbocycles. The summed E-state index contributed by atoms with van der Waals surface area (Å²) in [5.74, 6) is 1.15. The van der Waals surface area contributed by atoms with Crippen LogP contribution >= 0.6 is 0 Å². The monoisotopic (exact) mass is 441 g/mol. The lowest BCUT2D eigenvalue weighted by Crippen LogP contribution is -2.45. The van der Waals surface area contributed by atoms with Crippen LogP contribution in [0.3, 0.4) is 0 Å². The molecular weight excluding hydrogens is 406 g/mol. The highest BCUT2D eigenvalue weighted by molar-refractivity contribution is 5.66. The standard InChI is InChI=1S/C26H35NO5/c1-18-26(3,19(2)28)22(17-27(18)25(29)30)21-13-14-23(31-4)24(16-21)32-15-9-8-12-20-10-6-5-7-11-20/h5-7,10-11,13-14,16,18-19,22,28H,8-9,12,15,17H2,1-4H3,(H,29,30)/t18?,19-,22+,26+/m1/s1. The number of aliphatic hydroxyl groups is 1. The van der Waals surface area contributed by atoms with Gasteiger partial charge in [0.1, 0.15) is 0 Å². The van der Waals surface area contributed by atoms with Crippen molar-refractivity contribution in [2.24, 2.45) is 5.41 Å². The number of ether oxygens (including phenoxy) is 2. The molecule has 1 heterocycles. The summed E-state index contributed by atoms with van der Waals surface area (Å²) in [4.78, 5) is 13.2. The van der Waals surface area contributed by atoms with E-state index in [0.717, 1.165) is 24.8 Å². The van der Waals surface area contributed by atoms with E-state index in [1.165, 1.54) is 10.5 Å². The second-order valence-electron chi connectivity index (χ2n) is 8.91. The van der Waals surface area contributed by atoms with Crippen molar-refractivity contribution in [3.05, 3.63) is 59.7 Å². The van der Waals surface area contributed by atoms with Gasteiger partial charge in [0.05, 0.1) is 19.8 Å². The van der Waals surface area contributed by atoms with Crippen molar-refractivity contribution < 1.29 is 24.5 Å². The Morgan fingerprint density at radius 3 is 2.53 bits per heavy atom. The van der Waals surface area contributed by atoms with Gasteiger partial charge in [-0.1, -0.05) is 43.3 Å². The van der Waals surface area contributed by atoms with Crippen LogP contribution in [0.15, 0.2) is 48.5 Å². The summed E-state index contributed by atoms with van der Waals surface area (Å²) in [6.45, 7) is 6.48. The summed E-state index contributed by atoms with van der Waals surface area (Å²) >= 11 is 0. The molecule has 4 atom stereocenters. The molecule has 1 aliphatic rings. The molecule has 0 aromatic heterocycles. The van der Waals surface area contributed by atoms with E-state index in [0.29, 0.717) is 24.7 Å². The molecule has 32 heavy (non-hydrogen) atoms. The van der Waals surface area contributed by atoms with Crippen molar-refractivity contribution >= 4 is 6.09 Å². The lowest BCUT2D eigenvalue weighted by molar-refractivity contribution is 0.0204. The van der Waals surface area contributed by atoms with Gasteiger partial charge in [0.15, 0.2) is 11.5 Å². The zero-order chi connectivity index (χ0) is 23.3. The first-order valence-corrected chi connectivity index (χ1v) is 11.3. The maximum atomic E-state index is 11.8. The number of amides is 1. The Hall–Kier alpha value is -2.73. The Bertz CT molecular complexity index is 900. The number of methoxy groups -OCH3 is 1. The van der Waals surface area contributed by atoms with Gasteiger partial charge >= 0.3 is 6.09 Å². The fourth-order valence-corrected chi connectivity index (χ4v) is 4.81. The first kappa shape index (κ1) is 23.9. The Balaban J connectivity index is 1.72. The van der Waals surface area contributed by atoms with E-state index >= 15 is 0 Å². The minimum atomic E-state index is -0.963. The quantitative estimate of drug-likeness (QED) is 0.538. The van der Waals surface area contributed by atoms with Crippen LogP contribution in [-0.2, 0) is 6.42 Å². The SMILES string of the molecule is COc1ccc([C@@H]2CN(C(=O)O)C(C)[C@@]2(C)[C@@H](C)O)cc1OCCCCc1ccccc1. The van der Waals surface area contributed by atoms with Crippen molar-refractivity contribution in [3.63, 3.8) is 0 Å². The van der Waals surface area contributed by atoms with Crippen LogP contribution in [0.5, 0.6) is 11.5 Å². The van der Waals surface area contributed by atoms with Gasteiger partial charge in [-0.3, -0.25) is 0 Å². The van der Waals surface area contributed by atoms with E-state index in [-0.39, 0.29) is 12.0 Å². The van der Waals surface area contributed by atoms with E-state index in [1.807, 2.05) is 38.1 Å². The summed E-state index contributed by atoms with van der Waals surface area (Å²) in [6.07, 6.45) is 1.33. The molecule has 1 aliphatic heterocycles. The molecule has 3 rings (SSSR count). The van der Waals surface area contributed by atoms with Crippen LogP contribution in [-0.4, -0.2) is 53.6 Å². The lowest BCUT2D eigenvalue weighted by Gasteiger charge is -2.38. The second kappa shape index (κ2) is 10.3. The van der Waals surface area contributed by atoms with Gasteiger partial charge in [0, 0.05) is 23.9 Å². The summed E-state index contributed by atoms with van der Waals surface area (Å²) in [5.41, 5.74) is 1.66. The summed E-state index contributed by atoms with van der Waals surface area (Å²) in [5, 5.41) is 20.2. The molecule has 1 saturated heterocycles. The van der Waals surface area contributed by atoms with Gasteiger partial charge < -0.3 is 24.6 Å². The largest absolute Gasteiger partial charge is 0.493 e. The smallest absolute Gasteiger partial charge is 0.407 e. The third-order valence-electron chi connectivity index (χ3n) is 7.19. The maximum absolute atomic E-state index is 11.8. The summed E-state index contributed by atoms with van der Waals surface area (Å²) in [7, 11) is 1.61. The second-order valence-corrected chi connectivity index (χ2v) is 8.91. The molecule has 6 heteroatoms. The van der Waals surface area contributed by atoms with Crippen LogP contribution in [0.1, 0.15) is 50.7 Å².